The average Bonchev–Trinajstić information content (AvgIpc) is 1.99. The van der Waals surface area contributed by atoms with Crippen molar-refractivity contribution in [3.05, 3.63) is 10.2 Å². The molecule has 0 unspecified atom stereocenters. The molecular formula is C8H13BrN2. The number of nitrogens with zero attached hydrogens (tertiary/aromatic N) is 2. The molecule has 0 saturated heterocycles. The zero-order chi connectivity index (χ0) is 8.85. The monoisotopic (exact) mass is 216 g/mol. The van der Waals surface area contributed by atoms with E-state index in [1.165, 1.54) is 0 Å². The second-order valence-corrected chi connectivity index (χ2v) is 3.36. The molecule has 0 heterocycles. The van der Waals surface area contributed by atoms with E-state index in [0.29, 0.717) is 0 Å². The fourth-order valence-corrected chi connectivity index (χ4v) is 1.24. The highest BCUT2D eigenvalue weighted by Gasteiger charge is 2.05. The second kappa shape index (κ2) is 5.20. The van der Waals surface area contributed by atoms with Gasteiger partial charge in [0.05, 0.1) is 0 Å². The van der Waals surface area contributed by atoms with Gasteiger partial charge < -0.3 is 4.90 Å². The lowest BCUT2D eigenvalue weighted by molar-refractivity contribution is 0.396. The lowest BCUT2D eigenvalue weighted by Gasteiger charge is -2.19. The van der Waals surface area contributed by atoms with Crippen LogP contribution in [-0.4, -0.2) is 18.0 Å². The molecule has 0 saturated carbocycles. The van der Waals surface area contributed by atoms with E-state index in [4.69, 9.17) is 5.26 Å². The van der Waals surface area contributed by atoms with E-state index in [2.05, 4.69) is 22.0 Å². The molecular weight excluding hydrogens is 204 g/mol. The molecule has 0 rings (SSSR count). The smallest absolute Gasteiger partial charge is 0.126 e. The van der Waals surface area contributed by atoms with E-state index >= 15 is 0 Å². The molecule has 0 spiro atoms. The van der Waals surface area contributed by atoms with Crippen LogP contribution >= 0.6 is 15.9 Å². The molecule has 0 bridgehead atoms. The van der Waals surface area contributed by atoms with Crippen molar-refractivity contribution in [1.82, 2.24) is 4.90 Å². The van der Waals surface area contributed by atoms with E-state index in [0.717, 1.165) is 23.3 Å². The van der Waals surface area contributed by atoms with Crippen LogP contribution in [0.3, 0.4) is 0 Å². The summed E-state index contributed by atoms with van der Waals surface area (Å²) >= 11 is 3.30. The fourth-order valence-electron chi connectivity index (χ4n) is 0.905. The Morgan fingerprint density at radius 1 is 1.45 bits per heavy atom. The maximum atomic E-state index is 8.75. The number of allylic oxidation sites excluding steroid dienone is 2. The Hall–Kier alpha value is -0.490. The highest BCUT2D eigenvalue weighted by molar-refractivity contribution is 9.11. The Kier molecular flexibility index (Phi) is 4.97. The Morgan fingerprint density at radius 2 is 1.91 bits per heavy atom. The van der Waals surface area contributed by atoms with Crippen molar-refractivity contribution >= 4 is 15.9 Å². The summed E-state index contributed by atoms with van der Waals surface area (Å²) in [6.07, 6.45) is 0. The molecule has 0 aromatic heterocycles. The van der Waals surface area contributed by atoms with Crippen LogP contribution in [0.25, 0.3) is 0 Å². The Bertz CT molecular complexity index is 183. The Morgan fingerprint density at radius 3 is 2.00 bits per heavy atom. The van der Waals surface area contributed by atoms with E-state index in [9.17, 15) is 0 Å². The average molecular weight is 217 g/mol. The van der Waals surface area contributed by atoms with Gasteiger partial charge in [-0.2, -0.15) is 5.26 Å². The van der Waals surface area contributed by atoms with Crippen molar-refractivity contribution in [2.45, 2.75) is 20.8 Å². The highest BCUT2D eigenvalue weighted by atomic mass is 79.9. The van der Waals surface area contributed by atoms with Crippen LogP contribution in [0, 0.1) is 11.3 Å². The van der Waals surface area contributed by atoms with Crippen molar-refractivity contribution in [1.29, 1.82) is 5.26 Å². The Labute approximate surface area is 76.6 Å². The summed E-state index contributed by atoms with van der Waals surface area (Å²) in [5, 5.41) is 8.75. The minimum absolute atomic E-state index is 0.731. The molecule has 2 nitrogen and oxygen atoms in total. The van der Waals surface area contributed by atoms with Crippen LogP contribution in [0.1, 0.15) is 20.8 Å². The quantitative estimate of drug-likeness (QED) is 0.679. The number of rotatable bonds is 3. The zero-order valence-electron chi connectivity index (χ0n) is 7.19. The molecule has 0 N–H and O–H groups in total. The topological polar surface area (TPSA) is 27.0 Å². The molecule has 0 atom stereocenters. The lowest BCUT2D eigenvalue weighted by atomic mass is 10.3. The minimum Gasteiger partial charge on any atom is -0.363 e. The van der Waals surface area contributed by atoms with Crippen molar-refractivity contribution < 1.29 is 0 Å². The fraction of sp³-hybridized carbons (Fsp3) is 0.625. The first-order valence-corrected chi connectivity index (χ1v) is 4.48. The summed E-state index contributed by atoms with van der Waals surface area (Å²) in [6.45, 7) is 7.72. The maximum absolute atomic E-state index is 8.75. The van der Waals surface area contributed by atoms with Crippen LogP contribution in [0.4, 0.5) is 0 Å². The molecule has 0 aromatic rings. The van der Waals surface area contributed by atoms with Gasteiger partial charge in [-0.1, -0.05) is 15.9 Å². The van der Waals surface area contributed by atoms with E-state index in [1.807, 2.05) is 25.7 Å². The van der Waals surface area contributed by atoms with Gasteiger partial charge in [0.25, 0.3) is 0 Å². The first kappa shape index (κ1) is 10.5. The first-order valence-electron chi connectivity index (χ1n) is 3.68. The van der Waals surface area contributed by atoms with Crippen molar-refractivity contribution in [2.24, 2.45) is 0 Å². The summed E-state index contributed by atoms with van der Waals surface area (Å²) in [7, 11) is 0. The highest BCUT2D eigenvalue weighted by Crippen LogP contribution is 2.13. The third kappa shape index (κ3) is 2.94. The van der Waals surface area contributed by atoms with Crippen LogP contribution in [0.15, 0.2) is 10.2 Å². The van der Waals surface area contributed by atoms with Crippen molar-refractivity contribution in [3.8, 4) is 6.07 Å². The largest absolute Gasteiger partial charge is 0.363 e. The second-order valence-electron chi connectivity index (χ2n) is 2.17. The number of halogens is 1. The lowest BCUT2D eigenvalue weighted by Crippen LogP contribution is -2.21. The summed E-state index contributed by atoms with van der Waals surface area (Å²) < 4.78 is 0.906. The maximum Gasteiger partial charge on any atom is 0.126 e. The predicted molar refractivity (Wildman–Crippen MR) is 50.2 cm³/mol. The summed E-state index contributed by atoms with van der Waals surface area (Å²) in [5.41, 5.74) is 0.731. The van der Waals surface area contributed by atoms with Gasteiger partial charge in [-0.05, 0) is 20.8 Å². The Balaban J connectivity index is 4.52. The van der Waals surface area contributed by atoms with Crippen molar-refractivity contribution in [3.63, 3.8) is 0 Å². The summed E-state index contributed by atoms with van der Waals surface area (Å²) in [4.78, 5) is 2.02. The predicted octanol–water partition coefficient (Wildman–Crippen LogP) is 2.48. The van der Waals surface area contributed by atoms with Gasteiger partial charge in [0, 0.05) is 17.6 Å². The molecule has 62 valence electrons. The number of hydrogen-bond acceptors (Lipinski definition) is 2. The SMILES string of the molecule is CCN(CC)/C(C#N)=C(/C)Br. The number of hydrogen-bond donors (Lipinski definition) is 0. The normalized spacial score (nSPS) is 11.9. The van der Waals surface area contributed by atoms with Gasteiger partial charge in [0.15, 0.2) is 0 Å². The molecule has 0 aliphatic carbocycles. The van der Waals surface area contributed by atoms with E-state index < -0.39 is 0 Å². The molecule has 0 aliphatic heterocycles. The molecule has 11 heavy (non-hydrogen) atoms. The standard InChI is InChI=1S/C8H13BrN2/c1-4-11(5-2)8(6-10)7(3)9/h4-5H2,1-3H3/b8-7-. The molecule has 0 aliphatic rings. The molecule has 0 radical (unpaired) electrons. The van der Waals surface area contributed by atoms with Gasteiger partial charge in [-0.25, -0.2) is 0 Å². The molecule has 0 fully saturated rings. The van der Waals surface area contributed by atoms with Crippen molar-refractivity contribution in [2.75, 3.05) is 13.1 Å². The van der Waals surface area contributed by atoms with Gasteiger partial charge in [0.1, 0.15) is 11.8 Å². The third-order valence-electron chi connectivity index (χ3n) is 1.51. The first-order chi connectivity index (χ1) is 5.17. The summed E-state index contributed by atoms with van der Waals surface area (Å²) in [5.74, 6) is 0. The third-order valence-corrected chi connectivity index (χ3v) is 1.89. The van der Waals surface area contributed by atoms with E-state index in [-0.39, 0.29) is 0 Å². The van der Waals surface area contributed by atoms with Gasteiger partial charge in [-0.3, -0.25) is 0 Å². The van der Waals surface area contributed by atoms with Gasteiger partial charge in [-0.15, -0.1) is 0 Å². The van der Waals surface area contributed by atoms with Crippen LogP contribution in [-0.2, 0) is 0 Å². The van der Waals surface area contributed by atoms with E-state index in [1.54, 1.807) is 0 Å². The van der Waals surface area contributed by atoms with Crippen LogP contribution in [0.2, 0.25) is 0 Å². The molecule has 0 amide bonds. The summed E-state index contributed by atoms with van der Waals surface area (Å²) in [6, 6.07) is 2.16. The van der Waals surface area contributed by atoms with Gasteiger partial charge in [0.2, 0.25) is 0 Å². The zero-order valence-corrected chi connectivity index (χ0v) is 8.77. The number of nitriles is 1. The van der Waals surface area contributed by atoms with Gasteiger partial charge >= 0.3 is 0 Å². The minimum atomic E-state index is 0.731. The van der Waals surface area contributed by atoms with Crippen LogP contribution in [0.5, 0.6) is 0 Å². The van der Waals surface area contributed by atoms with Crippen LogP contribution < -0.4 is 0 Å². The molecule has 3 heteroatoms. The molecule has 0 aromatic carbocycles.